The normalized spacial score (nSPS) is 19.7. The average molecular weight is 784 g/mol. The first kappa shape index (κ1) is 35.3. The van der Waals surface area contributed by atoms with Crippen LogP contribution in [0.25, 0.3) is 33.5 Å². The number of ether oxygens (including phenoxy) is 4. The predicted molar refractivity (Wildman–Crippen MR) is 202 cm³/mol. The van der Waals surface area contributed by atoms with Gasteiger partial charge in [0.15, 0.2) is 5.79 Å². The van der Waals surface area contributed by atoms with Crippen molar-refractivity contribution in [3.05, 3.63) is 88.2 Å². The number of carbonyl (C=O) groups is 2. The third-order valence-corrected chi connectivity index (χ3v) is 10.9. The van der Waals surface area contributed by atoms with Gasteiger partial charge in [0.1, 0.15) is 17.6 Å². The number of methoxy groups -OCH3 is 1. The van der Waals surface area contributed by atoms with E-state index in [1.54, 1.807) is 4.90 Å². The summed E-state index contributed by atoms with van der Waals surface area (Å²) in [5, 5.41) is 7.84. The van der Waals surface area contributed by atoms with Gasteiger partial charge < -0.3 is 34.1 Å². The van der Waals surface area contributed by atoms with Gasteiger partial charge in [-0.25, -0.2) is 14.5 Å². The minimum Gasteiger partial charge on any atom is -0.464 e. The highest BCUT2D eigenvalue weighted by Crippen LogP contribution is 2.45. The van der Waals surface area contributed by atoms with Crippen molar-refractivity contribution in [3.8, 4) is 28.3 Å². The number of amides is 2. The van der Waals surface area contributed by atoms with E-state index >= 15 is 0 Å². The summed E-state index contributed by atoms with van der Waals surface area (Å²) < 4.78 is 26.5. The Morgan fingerprint density at radius 2 is 1.79 bits per heavy atom. The van der Waals surface area contributed by atoms with E-state index in [9.17, 15) is 9.59 Å². The number of imidazole rings is 1. The van der Waals surface area contributed by atoms with E-state index in [1.165, 1.54) is 12.7 Å². The molecule has 8 rings (SSSR count). The maximum atomic E-state index is 14.1. The number of hydrogen-bond acceptors (Lipinski definition) is 8. The first-order valence-electron chi connectivity index (χ1n) is 17.9. The lowest BCUT2D eigenvalue weighted by Crippen LogP contribution is -2.52. The van der Waals surface area contributed by atoms with E-state index in [1.807, 2.05) is 54.9 Å². The molecule has 53 heavy (non-hydrogen) atoms. The minimum atomic E-state index is -0.940. The van der Waals surface area contributed by atoms with Gasteiger partial charge in [-0.1, -0.05) is 80.9 Å². The number of aromatic nitrogens is 4. The van der Waals surface area contributed by atoms with Crippen LogP contribution < -0.4 is 10.1 Å². The van der Waals surface area contributed by atoms with Crippen LogP contribution in [0.1, 0.15) is 70.3 Å². The minimum absolute atomic E-state index is 0.0297. The Labute approximate surface area is 316 Å². The maximum absolute atomic E-state index is 14.1. The van der Waals surface area contributed by atoms with E-state index in [2.05, 4.69) is 77.3 Å². The molecule has 5 heterocycles. The lowest BCUT2D eigenvalue weighted by atomic mass is 9.86. The van der Waals surface area contributed by atoms with Crippen LogP contribution in [0.5, 0.6) is 5.75 Å². The molecule has 0 aliphatic carbocycles. The summed E-state index contributed by atoms with van der Waals surface area (Å²) >= 11 is 3.61. The SMILES string of the molecule is COC(=O)N[C@H](C(=O)N1CC2(C[C@H]1c1nc3ccc(-c4cc5n(n4)C(c4ccc(C(C)(C)C)cc4)Oc4cc(Br)ccc4-5)cc3[nH]1)OCCO2)C(C)C. The van der Waals surface area contributed by atoms with E-state index in [-0.39, 0.29) is 23.8 Å². The van der Waals surface area contributed by atoms with Gasteiger partial charge in [-0.3, -0.25) is 4.79 Å². The molecule has 3 aliphatic heterocycles. The van der Waals surface area contributed by atoms with Gasteiger partial charge >= 0.3 is 6.09 Å². The van der Waals surface area contributed by atoms with Crippen LogP contribution in [-0.2, 0) is 24.4 Å². The van der Waals surface area contributed by atoms with E-state index < -0.39 is 30.2 Å². The zero-order chi connectivity index (χ0) is 37.2. The van der Waals surface area contributed by atoms with E-state index in [0.29, 0.717) is 25.5 Å². The highest BCUT2D eigenvalue weighted by Gasteiger charge is 2.52. The first-order chi connectivity index (χ1) is 25.3. The molecule has 2 N–H and O–H groups in total. The van der Waals surface area contributed by atoms with Crippen molar-refractivity contribution in [2.45, 2.75) is 70.6 Å². The Morgan fingerprint density at radius 1 is 1.04 bits per heavy atom. The number of H-pyrrole nitrogens is 1. The van der Waals surface area contributed by atoms with Gasteiger partial charge in [0.2, 0.25) is 12.1 Å². The summed E-state index contributed by atoms with van der Waals surface area (Å²) in [6.07, 6.45) is -0.727. The van der Waals surface area contributed by atoms with Crippen molar-refractivity contribution in [1.82, 2.24) is 30.0 Å². The molecule has 276 valence electrons. The van der Waals surface area contributed by atoms with Crippen molar-refractivity contribution in [3.63, 3.8) is 0 Å². The van der Waals surface area contributed by atoms with Crippen molar-refractivity contribution in [2.24, 2.45) is 5.92 Å². The Morgan fingerprint density at radius 3 is 2.49 bits per heavy atom. The molecule has 2 amide bonds. The number of aromatic amines is 1. The number of alkyl carbamates (subject to hydrolysis) is 1. The maximum Gasteiger partial charge on any atom is 0.407 e. The molecule has 2 fully saturated rings. The molecule has 0 saturated carbocycles. The number of rotatable bonds is 6. The fourth-order valence-corrected chi connectivity index (χ4v) is 7.83. The second-order valence-electron chi connectivity index (χ2n) is 15.3. The number of hydrogen-bond donors (Lipinski definition) is 2. The third-order valence-electron chi connectivity index (χ3n) is 10.4. The lowest BCUT2D eigenvalue weighted by molar-refractivity contribution is -0.153. The van der Waals surface area contributed by atoms with Gasteiger partial charge in [0.25, 0.3) is 0 Å². The molecule has 12 nitrogen and oxygen atoms in total. The molecular weight excluding hydrogens is 740 g/mol. The van der Waals surface area contributed by atoms with E-state index in [0.717, 1.165) is 49.3 Å². The summed E-state index contributed by atoms with van der Waals surface area (Å²) in [6.45, 7) is 11.5. The third kappa shape index (κ3) is 6.48. The number of fused-ring (bicyclic) bond motifs is 4. The number of nitrogens with one attached hydrogen (secondary N) is 2. The number of carbonyl (C=O) groups excluding carboxylic acids is 2. The average Bonchev–Trinajstić information content (AvgIpc) is 3.95. The van der Waals surface area contributed by atoms with Crippen molar-refractivity contribution < 1.29 is 28.5 Å². The Hall–Kier alpha value is -4.72. The van der Waals surface area contributed by atoms with Gasteiger partial charge in [-0.05, 0) is 53.3 Å². The highest BCUT2D eigenvalue weighted by molar-refractivity contribution is 9.10. The van der Waals surface area contributed by atoms with Crippen LogP contribution in [0, 0.1) is 5.92 Å². The summed E-state index contributed by atoms with van der Waals surface area (Å²) in [5.41, 5.74) is 7.41. The fourth-order valence-electron chi connectivity index (χ4n) is 7.49. The molecule has 3 aliphatic rings. The number of likely N-dealkylation sites (tertiary alicyclic amines) is 1. The van der Waals surface area contributed by atoms with Crippen LogP contribution in [0.3, 0.4) is 0 Å². The topological polar surface area (TPSA) is 133 Å². The van der Waals surface area contributed by atoms with Crippen LogP contribution in [0.15, 0.2) is 71.2 Å². The number of benzene rings is 3. The number of halogens is 1. The summed E-state index contributed by atoms with van der Waals surface area (Å²) in [5.74, 6) is 0.00211. The molecule has 2 aromatic heterocycles. The van der Waals surface area contributed by atoms with Gasteiger partial charge in [0.05, 0.1) is 55.3 Å². The van der Waals surface area contributed by atoms with Crippen molar-refractivity contribution >= 4 is 39.0 Å². The Bertz CT molecular complexity index is 2200. The Kier molecular flexibility index (Phi) is 8.86. The summed E-state index contributed by atoms with van der Waals surface area (Å²) in [6, 6.07) is 21.4. The summed E-state index contributed by atoms with van der Waals surface area (Å²) in [4.78, 5) is 36.5. The molecule has 1 unspecified atom stereocenters. The number of nitrogens with zero attached hydrogens (tertiary/aromatic N) is 4. The van der Waals surface area contributed by atoms with Gasteiger partial charge in [-0.15, -0.1) is 0 Å². The molecule has 3 atom stereocenters. The fraction of sp³-hybridized carbons (Fsp3) is 0.400. The second-order valence-corrected chi connectivity index (χ2v) is 16.3. The summed E-state index contributed by atoms with van der Waals surface area (Å²) in [7, 11) is 1.28. The molecular formula is C40H43BrN6O6. The molecule has 3 aromatic carbocycles. The van der Waals surface area contributed by atoms with Crippen LogP contribution in [0.4, 0.5) is 4.79 Å². The largest absolute Gasteiger partial charge is 0.464 e. The van der Waals surface area contributed by atoms with E-state index in [4.69, 9.17) is 29.0 Å². The lowest BCUT2D eigenvalue weighted by Gasteiger charge is -2.30. The highest BCUT2D eigenvalue weighted by atomic mass is 79.9. The molecule has 0 radical (unpaired) electrons. The molecule has 2 saturated heterocycles. The second kappa shape index (κ2) is 13.3. The quantitative estimate of drug-likeness (QED) is 0.181. The smallest absolute Gasteiger partial charge is 0.407 e. The van der Waals surface area contributed by atoms with Crippen molar-refractivity contribution in [1.29, 1.82) is 0 Å². The van der Waals surface area contributed by atoms with Crippen LogP contribution >= 0.6 is 15.9 Å². The standard InChI is InChI=1S/C40H43BrN6O6/c1-22(2)34(44-38(49)50-6)36(48)46-21-40(51-15-16-52-40)20-32(46)35-42-28-14-9-24(17-30(28)43-35)29-19-31-27-13-12-26(41)18-33(27)53-37(47(31)45-29)23-7-10-25(11-8-23)39(3,4)5/h7-14,17-19,22,32,34,37H,15-16,20-21H2,1-6H3,(H,42,43)(H,44,49)/t32-,34-,37?/m0/s1. The molecule has 5 aromatic rings. The molecule has 13 heteroatoms. The van der Waals surface area contributed by atoms with Crippen LogP contribution in [0.2, 0.25) is 0 Å². The predicted octanol–water partition coefficient (Wildman–Crippen LogP) is 7.49. The first-order valence-corrected chi connectivity index (χ1v) is 18.7. The monoisotopic (exact) mass is 782 g/mol. The molecule has 1 spiro atoms. The molecule has 0 bridgehead atoms. The van der Waals surface area contributed by atoms with Crippen molar-refractivity contribution in [2.75, 3.05) is 26.9 Å². The zero-order valence-corrected chi connectivity index (χ0v) is 32.2. The van der Waals surface area contributed by atoms with Gasteiger partial charge in [-0.2, -0.15) is 5.10 Å². The zero-order valence-electron chi connectivity index (χ0n) is 30.6. The van der Waals surface area contributed by atoms with Gasteiger partial charge in [0, 0.05) is 27.6 Å². The van der Waals surface area contributed by atoms with Crippen LogP contribution in [-0.4, -0.2) is 75.3 Å². The Balaban J connectivity index is 1.14.